The topological polar surface area (TPSA) is 63.6 Å². The average molecular weight is 261 g/mol. The Balaban J connectivity index is 1.63. The molecular formula is C12H15N5S. The summed E-state index contributed by atoms with van der Waals surface area (Å²) < 4.78 is 0. The molecule has 0 saturated heterocycles. The summed E-state index contributed by atoms with van der Waals surface area (Å²) in [7, 11) is 0. The van der Waals surface area contributed by atoms with Gasteiger partial charge in [-0.05, 0) is 19.3 Å². The van der Waals surface area contributed by atoms with Gasteiger partial charge in [0.05, 0.1) is 6.54 Å². The van der Waals surface area contributed by atoms with Crippen molar-refractivity contribution < 1.29 is 0 Å². The molecule has 1 saturated carbocycles. The monoisotopic (exact) mass is 261 g/mol. The highest BCUT2D eigenvalue weighted by molar-refractivity contribution is 7.11. The molecule has 1 N–H and O–H groups in total. The summed E-state index contributed by atoms with van der Waals surface area (Å²) in [5.41, 5.74) is 1.15. The molecule has 18 heavy (non-hydrogen) atoms. The van der Waals surface area contributed by atoms with Crippen molar-refractivity contribution in [2.75, 3.05) is 5.32 Å². The smallest absolute Gasteiger partial charge is 0.136 e. The van der Waals surface area contributed by atoms with Crippen molar-refractivity contribution >= 4 is 17.2 Å². The van der Waals surface area contributed by atoms with Gasteiger partial charge in [-0.2, -0.15) is 0 Å². The molecule has 0 radical (unpaired) electrons. The summed E-state index contributed by atoms with van der Waals surface area (Å²) in [5.74, 6) is 1.53. The molecule has 1 fully saturated rings. The third-order valence-corrected chi connectivity index (χ3v) is 3.98. The van der Waals surface area contributed by atoms with Gasteiger partial charge < -0.3 is 5.32 Å². The van der Waals surface area contributed by atoms with Crippen LogP contribution in [0.4, 0.5) is 5.82 Å². The van der Waals surface area contributed by atoms with Gasteiger partial charge in [-0.1, -0.05) is 18.3 Å². The molecule has 0 aromatic carbocycles. The standard InChI is InChI=1S/C12H15N5S/c1-2-11-16-17-12(18-11)6-13-10-5-9(8-3-4-8)14-7-15-10/h5,7-8H,2-4,6H2,1H3,(H,13,14,15). The first-order valence-corrected chi connectivity index (χ1v) is 7.04. The Morgan fingerprint density at radius 2 is 2.11 bits per heavy atom. The van der Waals surface area contributed by atoms with Gasteiger partial charge in [0, 0.05) is 17.7 Å². The molecule has 0 unspecified atom stereocenters. The minimum atomic E-state index is 0.654. The van der Waals surface area contributed by atoms with Crippen molar-refractivity contribution in [2.24, 2.45) is 0 Å². The van der Waals surface area contributed by atoms with Crippen LogP contribution >= 0.6 is 11.3 Å². The molecule has 0 bridgehead atoms. The second-order valence-electron chi connectivity index (χ2n) is 4.40. The molecule has 3 rings (SSSR count). The number of aromatic nitrogens is 4. The molecule has 0 amide bonds. The van der Waals surface area contributed by atoms with Crippen molar-refractivity contribution in [1.29, 1.82) is 0 Å². The minimum absolute atomic E-state index is 0.654. The lowest BCUT2D eigenvalue weighted by molar-refractivity contribution is 0.930. The number of hydrogen-bond donors (Lipinski definition) is 1. The van der Waals surface area contributed by atoms with E-state index in [1.807, 2.05) is 6.07 Å². The molecule has 1 aliphatic carbocycles. The summed E-state index contributed by atoms with van der Waals surface area (Å²) >= 11 is 1.65. The van der Waals surface area contributed by atoms with E-state index in [1.54, 1.807) is 17.7 Å². The maximum absolute atomic E-state index is 4.30. The summed E-state index contributed by atoms with van der Waals surface area (Å²) in [6.45, 7) is 2.77. The van der Waals surface area contributed by atoms with Crippen molar-refractivity contribution in [2.45, 2.75) is 38.6 Å². The van der Waals surface area contributed by atoms with Crippen LogP contribution in [-0.2, 0) is 13.0 Å². The molecule has 0 atom stereocenters. The highest BCUT2D eigenvalue weighted by Gasteiger charge is 2.25. The number of rotatable bonds is 5. The summed E-state index contributed by atoms with van der Waals surface area (Å²) in [4.78, 5) is 8.52. The normalized spacial score (nSPS) is 14.7. The van der Waals surface area contributed by atoms with Crippen molar-refractivity contribution in [3.05, 3.63) is 28.1 Å². The molecule has 2 aromatic rings. The van der Waals surface area contributed by atoms with Crippen LogP contribution in [0.3, 0.4) is 0 Å². The highest BCUT2D eigenvalue weighted by Crippen LogP contribution is 2.39. The van der Waals surface area contributed by atoms with Crippen molar-refractivity contribution in [3.8, 4) is 0 Å². The van der Waals surface area contributed by atoms with E-state index in [-0.39, 0.29) is 0 Å². The van der Waals surface area contributed by atoms with E-state index in [1.165, 1.54) is 12.8 Å². The van der Waals surface area contributed by atoms with Gasteiger partial charge in [0.1, 0.15) is 22.2 Å². The number of nitrogens with zero attached hydrogens (tertiary/aromatic N) is 4. The first kappa shape index (κ1) is 11.5. The first-order valence-electron chi connectivity index (χ1n) is 6.22. The van der Waals surface area contributed by atoms with Crippen LogP contribution in [0.15, 0.2) is 12.4 Å². The molecule has 2 heterocycles. The maximum atomic E-state index is 4.30. The zero-order chi connectivity index (χ0) is 12.4. The van der Waals surface area contributed by atoms with E-state index in [2.05, 4.69) is 32.4 Å². The van der Waals surface area contributed by atoms with Crippen LogP contribution in [0, 0.1) is 0 Å². The molecule has 2 aromatic heterocycles. The lowest BCUT2D eigenvalue weighted by Crippen LogP contribution is -2.02. The number of anilines is 1. The summed E-state index contributed by atoms with van der Waals surface area (Å²) in [6.07, 6.45) is 5.09. The molecule has 1 aliphatic rings. The van der Waals surface area contributed by atoms with Crippen molar-refractivity contribution in [3.63, 3.8) is 0 Å². The van der Waals surface area contributed by atoms with Gasteiger partial charge in [0.15, 0.2) is 0 Å². The SMILES string of the molecule is CCc1nnc(CNc2cc(C3CC3)ncn2)s1. The van der Waals surface area contributed by atoms with Gasteiger partial charge in [0.25, 0.3) is 0 Å². The maximum Gasteiger partial charge on any atom is 0.136 e. The van der Waals surface area contributed by atoms with Gasteiger partial charge in [-0.25, -0.2) is 9.97 Å². The molecule has 6 heteroatoms. The van der Waals surface area contributed by atoms with Crippen molar-refractivity contribution in [1.82, 2.24) is 20.2 Å². The van der Waals surface area contributed by atoms with Crippen LogP contribution in [0.2, 0.25) is 0 Å². The third-order valence-electron chi connectivity index (χ3n) is 2.92. The average Bonchev–Trinajstić information content (AvgIpc) is 3.16. The van der Waals surface area contributed by atoms with Crippen LogP contribution in [0.1, 0.15) is 41.4 Å². The Bertz CT molecular complexity index is 535. The van der Waals surface area contributed by atoms with Gasteiger partial charge >= 0.3 is 0 Å². The molecule has 5 nitrogen and oxygen atoms in total. The highest BCUT2D eigenvalue weighted by atomic mass is 32.1. The van der Waals surface area contributed by atoms with Crippen LogP contribution in [0.5, 0.6) is 0 Å². The van der Waals surface area contributed by atoms with E-state index in [0.29, 0.717) is 12.5 Å². The Morgan fingerprint density at radius 3 is 2.83 bits per heavy atom. The fourth-order valence-electron chi connectivity index (χ4n) is 1.74. The predicted octanol–water partition coefficient (Wildman–Crippen LogP) is 2.38. The number of hydrogen-bond acceptors (Lipinski definition) is 6. The molecule has 0 aliphatic heterocycles. The zero-order valence-corrected chi connectivity index (χ0v) is 11.1. The van der Waals surface area contributed by atoms with E-state index >= 15 is 0 Å². The van der Waals surface area contributed by atoms with Crippen LogP contribution in [0.25, 0.3) is 0 Å². The summed E-state index contributed by atoms with van der Waals surface area (Å²) in [5, 5.41) is 13.6. The largest absolute Gasteiger partial charge is 0.363 e. The predicted molar refractivity (Wildman–Crippen MR) is 70.6 cm³/mol. The fraction of sp³-hybridized carbons (Fsp3) is 0.500. The van der Waals surface area contributed by atoms with E-state index < -0.39 is 0 Å². The molecule has 94 valence electrons. The first-order chi connectivity index (χ1) is 8.85. The fourth-order valence-corrected chi connectivity index (χ4v) is 2.46. The summed E-state index contributed by atoms with van der Waals surface area (Å²) in [6, 6.07) is 2.04. The second kappa shape index (κ2) is 4.97. The number of nitrogens with one attached hydrogen (secondary N) is 1. The zero-order valence-electron chi connectivity index (χ0n) is 10.3. The Hall–Kier alpha value is -1.56. The van der Waals surface area contributed by atoms with E-state index in [4.69, 9.17) is 0 Å². The Labute approximate surface area is 110 Å². The van der Waals surface area contributed by atoms with Gasteiger partial charge in [-0.15, -0.1) is 10.2 Å². The quantitative estimate of drug-likeness (QED) is 0.895. The Kier molecular flexibility index (Phi) is 3.19. The third kappa shape index (κ3) is 2.64. The second-order valence-corrected chi connectivity index (χ2v) is 5.55. The molecule has 0 spiro atoms. The van der Waals surface area contributed by atoms with E-state index in [9.17, 15) is 0 Å². The Morgan fingerprint density at radius 1 is 1.28 bits per heavy atom. The van der Waals surface area contributed by atoms with Crippen LogP contribution in [-0.4, -0.2) is 20.2 Å². The molecular weight excluding hydrogens is 246 g/mol. The van der Waals surface area contributed by atoms with Crippen LogP contribution < -0.4 is 5.32 Å². The lowest BCUT2D eigenvalue weighted by Gasteiger charge is -2.04. The van der Waals surface area contributed by atoms with Gasteiger partial charge in [-0.3, -0.25) is 0 Å². The van der Waals surface area contributed by atoms with E-state index in [0.717, 1.165) is 27.9 Å². The minimum Gasteiger partial charge on any atom is -0.363 e. The number of aryl methyl sites for hydroxylation is 1. The van der Waals surface area contributed by atoms with Gasteiger partial charge in [0.2, 0.25) is 0 Å². The lowest BCUT2D eigenvalue weighted by atomic mass is 10.3.